The summed E-state index contributed by atoms with van der Waals surface area (Å²) in [6, 6.07) is 0. The maximum absolute atomic E-state index is 2.60. The molecule has 0 nitrogen and oxygen atoms in total. The summed E-state index contributed by atoms with van der Waals surface area (Å²) in [5.41, 5.74) is 0. The van der Waals surface area contributed by atoms with Crippen molar-refractivity contribution in [2.24, 2.45) is 47.3 Å². The molecule has 0 amide bonds. The lowest BCUT2D eigenvalue weighted by Crippen LogP contribution is -2.40. The molecule has 0 saturated heterocycles. The standard InChI is InChI=1S/C20H36.C10H20/c1-4-5-8-18-15(3)13-16-7-6-9-19(16)20(18)17-11-10-14(2)12-17;1-10-8-6-4-2-3-5-7-9-10/h14-20H,4-13H2,1-3H3;10H,2-9H2,1H3. The van der Waals surface area contributed by atoms with E-state index >= 15 is 0 Å². The smallest absolute Gasteiger partial charge is 0.0324 e. The van der Waals surface area contributed by atoms with Gasteiger partial charge >= 0.3 is 0 Å². The second-order valence-electron chi connectivity index (χ2n) is 12.4. The second kappa shape index (κ2) is 12.9. The lowest BCUT2D eigenvalue weighted by atomic mass is 9.58. The van der Waals surface area contributed by atoms with Gasteiger partial charge < -0.3 is 0 Å². The van der Waals surface area contributed by atoms with Gasteiger partial charge in [0.25, 0.3) is 0 Å². The van der Waals surface area contributed by atoms with Gasteiger partial charge in [0, 0.05) is 0 Å². The van der Waals surface area contributed by atoms with Crippen LogP contribution in [-0.4, -0.2) is 0 Å². The van der Waals surface area contributed by atoms with Crippen molar-refractivity contribution in [2.75, 3.05) is 0 Å². The zero-order chi connectivity index (χ0) is 21.3. The predicted octanol–water partition coefficient (Wildman–Crippen LogP) is 10.1. The number of hydrogen-bond acceptors (Lipinski definition) is 0. The van der Waals surface area contributed by atoms with Gasteiger partial charge in [0.15, 0.2) is 0 Å². The molecule has 176 valence electrons. The Balaban J connectivity index is 0.000000216. The molecule has 4 aliphatic rings. The van der Waals surface area contributed by atoms with Crippen LogP contribution in [0.5, 0.6) is 0 Å². The van der Waals surface area contributed by atoms with Crippen LogP contribution in [-0.2, 0) is 0 Å². The second-order valence-corrected chi connectivity index (χ2v) is 12.4. The largest absolute Gasteiger partial charge is 0.0654 e. The molecule has 0 heteroatoms. The minimum absolute atomic E-state index is 1.01. The highest BCUT2D eigenvalue weighted by Crippen LogP contribution is 2.56. The van der Waals surface area contributed by atoms with E-state index < -0.39 is 0 Å². The molecule has 0 N–H and O–H groups in total. The first kappa shape index (κ1) is 24.6. The van der Waals surface area contributed by atoms with E-state index in [1.807, 2.05) is 0 Å². The fourth-order valence-corrected chi connectivity index (χ4v) is 8.27. The minimum Gasteiger partial charge on any atom is -0.0654 e. The SMILES string of the molecule is CC1CCCCCCCC1.CCCCC1C(C)CC2CCCC2C1C1CCC(C)C1. The van der Waals surface area contributed by atoms with Crippen LogP contribution in [0.3, 0.4) is 0 Å². The Labute approximate surface area is 190 Å². The maximum atomic E-state index is 2.60. The topological polar surface area (TPSA) is 0 Å². The molecule has 0 aromatic carbocycles. The van der Waals surface area contributed by atoms with E-state index in [9.17, 15) is 0 Å². The van der Waals surface area contributed by atoms with Crippen molar-refractivity contribution in [1.82, 2.24) is 0 Å². The van der Waals surface area contributed by atoms with Crippen LogP contribution < -0.4 is 0 Å². The van der Waals surface area contributed by atoms with Gasteiger partial charge in [-0.1, -0.05) is 111 Å². The Morgan fingerprint density at radius 3 is 1.93 bits per heavy atom. The molecule has 4 saturated carbocycles. The molecule has 0 aromatic heterocycles. The average molecular weight is 417 g/mol. The van der Waals surface area contributed by atoms with E-state index in [1.54, 1.807) is 38.5 Å². The summed E-state index contributed by atoms with van der Waals surface area (Å²) >= 11 is 0. The molecule has 7 unspecified atom stereocenters. The van der Waals surface area contributed by atoms with Crippen molar-refractivity contribution < 1.29 is 0 Å². The Hall–Kier alpha value is 0. The van der Waals surface area contributed by atoms with Crippen LogP contribution in [0.4, 0.5) is 0 Å². The summed E-state index contributed by atoms with van der Waals surface area (Å²) in [4.78, 5) is 0. The third-order valence-electron chi connectivity index (χ3n) is 9.93. The van der Waals surface area contributed by atoms with E-state index in [0.717, 1.165) is 47.3 Å². The highest BCUT2D eigenvalue weighted by Gasteiger charge is 2.48. The van der Waals surface area contributed by atoms with Crippen LogP contribution >= 0.6 is 0 Å². The number of hydrogen-bond donors (Lipinski definition) is 0. The highest BCUT2D eigenvalue weighted by atomic mass is 14.5. The summed E-state index contributed by atoms with van der Waals surface area (Å²) in [5.74, 6) is 8.57. The molecule has 0 bridgehead atoms. The predicted molar refractivity (Wildman–Crippen MR) is 134 cm³/mol. The quantitative estimate of drug-likeness (QED) is 0.427. The molecule has 4 rings (SSSR count). The summed E-state index contributed by atoms with van der Waals surface area (Å²) in [6.07, 6.45) is 27.2. The monoisotopic (exact) mass is 416 g/mol. The van der Waals surface area contributed by atoms with Crippen molar-refractivity contribution in [3.05, 3.63) is 0 Å². The average Bonchev–Trinajstić information content (AvgIpc) is 3.38. The normalized spacial score (nSPS) is 40.6. The summed E-state index contributed by atoms with van der Waals surface area (Å²) in [5, 5.41) is 0. The van der Waals surface area contributed by atoms with Crippen LogP contribution in [0.2, 0.25) is 0 Å². The molecule has 0 radical (unpaired) electrons. The van der Waals surface area contributed by atoms with Crippen LogP contribution in [0.25, 0.3) is 0 Å². The molecule has 0 aliphatic heterocycles. The van der Waals surface area contributed by atoms with Gasteiger partial charge in [-0.2, -0.15) is 0 Å². The third kappa shape index (κ3) is 7.00. The minimum atomic E-state index is 1.01. The van der Waals surface area contributed by atoms with Gasteiger partial charge in [-0.15, -0.1) is 0 Å². The number of rotatable bonds is 4. The van der Waals surface area contributed by atoms with Gasteiger partial charge in [-0.3, -0.25) is 0 Å². The molecule has 0 heterocycles. The molecule has 0 aromatic rings. The number of fused-ring (bicyclic) bond motifs is 1. The first-order chi connectivity index (χ1) is 14.6. The fraction of sp³-hybridized carbons (Fsp3) is 1.00. The summed E-state index contributed by atoms with van der Waals surface area (Å²) in [7, 11) is 0. The van der Waals surface area contributed by atoms with E-state index in [2.05, 4.69) is 27.7 Å². The Kier molecular flexibility index (Phi) is 10.6. The Morgan fingerprint density at radius 2 is 1.30 bits per heavy atom. The van der Waals surface area contributed by atoms with E-state index in [1.165, 1.54) is 77.0 Å². The van der Waals surface area contributed by atoms with Crippen LogP contribution in [0.15, 0.2) is 0 Å². The lowest BCUT2D eigenvalue weighted by molar-refractivity contribution is 0.0150. The van der Waals surface area contributed by atoms with Crippen molar-refractivity contribution in [3.8, 4) is 0 Å². The zero-order valence-corrected chi connectivity index (χ0v) is 21.3. The molecule has 7 atom stereocenters. The van der Waals surface area contributed by atoms with Gasteiger partial charge in [-0.05, 0) is 79.4 Å². The zero-order valence-electron chi connectivity index (χ0n) is 21.3. The van der Waals surface area contributed by atoms with Gasteiger partial charge in [0.05, 0.1) is 0 Å². The lowest BCUT2D eigenvalue weighted by Gasteiger charge is -2.47. The molecule has 4 aliphatic carbocycles. The van der Waals surface area contributed by atoms with Crippen molar-refractivity contribution in [2.45, 2.75) is 143 Å². The molecular formula is C30H56. The molecular weight excluding hydrogens is 360 g/mol. The van der Waals surface area contributed by atoms with Crippen molar-refractivity contribution in [3.63, 3.8) is 0 Å². The summed E-state index contributed by atoms with van der Waals surface area (Å²) < 4.78 is 0. The first-order valence-corrected chi connectivity index (χ1v) is 14.6. The van der Waals surface area contributed by atoms with Gasteiger partial charge in [0.1, 0.15) is 0 Å². The summed E-state index contributed by atoms with van der Waals surface area (Å²) in [6.45, 7) is 9.88. The maximum Gasteiger partial charge on any atom is -0.0324 e. The van der Waals surface area contributed by atoms with Crippen LogP contribution in [0, 0.1) is 47.3 Å². The molecule has 30 heavy (non-hydrogen) atoms. The molecule has 0 spiro atoms. The van der Waals surface area contributed by atoms with Crippen molar-refractivity contribution in [1.29, 1.82) is 0 Å². The van der Waals surface area contributed by atoms with E-state index in [4.69, 9.17) is 0 Å². The third-order valence-corrected chi connectivity index (χ3v) is 9.93. The Morgan fingerprint density at radius 1 is 0.600 bits per heavy atom. The van der Waals surface area contributed by atoms with Gasteiger partial charge in [0.2, 0.25) is 0 Å². The first-order valence-electron chi connectivity index (χ1n) is 14.6. The van der Waals surface area contributed by atoms with E-state index in [0.29, 0.717) is 0 Å². The number of unbranched alkanes of at least 4 members (excludes halogenated alkanes) is 1. The van der Waals surface area contributed by atoms with Crippen molar-refractivity contribution >= 4 is 0 Å². The van der Waals surface area contributed by atoms with E-state index in [-0.39, 0.29) is 0 Å². The van der Waals surface area contributed by atoms with Crippen LogP contribution in [0.1, 0.15) is 143 Å². The fourth-order valence-electron chi connectivity index (χ4n) is 8.27. The molecule has 4 fully saturated rings. The Bertz CT molecular complexity index is 443. The highest BCUT2D eigenvalue weighted by molar-refractivity contribution is 4.97. The van der Waals surface area contributed by atoms with Gasteiger partial charge in [-0.25, -0.2) is 0 Å².